The molecule has 0 spiro atoms. The number of aliphatic carboxylic acids is 1. The Labute approximate surface area is 257 Å². The molecule has 0 saturated heterocycles. The number of nitrogens with zero attached hydrogens (tertiary/aromatic N) is 2. The van der Waals surface area contributed by atoms with Crippen molar-refractivity contribution in [2.24, 2.45) is 10.7 Å². The van der Waals surface area contributed by atoms with E-state index < -0.39 is 28.1 Å². The standard InChI is InChI=1S/C32H38N4O7S/c1-19-17-28(42-5)20(2)21(3)29(19)44(40,41)35-31(33)34-16-10-15-27(30(37)38)36(4)32(39)43-18-26-24-13-8-6-11-22(24)23-12-7-9-14-25(23)26/h6-9,11-14,17,26-27H,10,15-16,18H2,1-5H3,(H,37,38)(H3,33,34,35)/t27-/m1/s1. The van der Waals surface area contributed by atoms with Crippen LogP contribution in [0.3, 0.4) is 0 Å². The van der Waals surface area contributed by atoms with Gasteiger partial charge < -0.3 is 20.3 Å². The van der Waals surface area contributed by atoms with Crippen molar-refractivity contribution in [1.29, 1.82) is 0 Å². The van der Waals surface area contributed by atoms with E-state index >= 15 is 0 Å². The number of benzene rings is 3. The average molecular weight is 623 g/mol. The number of amides is 1. The maximum Gasteiger partial charge on any atom is 0.410 e. The quantitative estimate of drug-likeness (QED) is 0.162. The van der Waals surface area contributed by atoms with Gasteiger partial charge in [-0.25, -0.2) is 22.7 Å². The highest BCUT2D eigenvalue weighted by Gasteiger charge is 2.32. The Balaban J connectivity index is 1.34. The highest BCUT2D eigenvalue weighted by Crippen LogP contribution is 2.44. The summed E-state index contributed by atoms with van der Waals surface area (Å²) >= 11 is 0. The first-order chi connectivity index (χ1) is 20.9. The van der Waals surface area contributed by atoms with Crippen molar-refractivity contribution in [2.45, 2.75) is 50.5 Å². The largest absolute Gasteiger partial charge is 0.496 e. The molecule has 0 saturated carbocycles. The molecule has 0 heterocycles. The molecule has 0 fully saturated rings. The summed E-state index contributed by atoms with van der Waals surface area (Å²) in [4.78, 5) is 30.2. The summed E-state index contributed by atoms with van der Waals surface area (Å²) in [5.41, 5.74) is 11.9. The predicted octanol–water partition coefficient (Wildman–Crippen LogP) is 4.33. The number of aryl methyl sites for hydroxylation is 1. The fraction of sp³-hybridized carbons (Fsp3) is 0.344. The van der Waals surface area contributed by atoms with E-state index in [0.29, 0.717) is 22.4 Å². The molecule has 1 atom stereocenters. The number of fused-ring (bicyclic) bond motifs is 3. The van der Waals surface area contributed by atoms with Gasteiger partial charge >= 0.3 is 12.1 Å². The molecule has 44 heavy (non-hydrogen) atoms. The molecule has 0 aliphatic heterocycles. The van der Waals surface area contributed by atoms with Gasteiger partial charge in [0.05, 0.1) is 12.0 Å². The zero-order valence-corrected chi connectivity index (χ0v) is 26.3. The first kappa shape index (κ1) is 32.3. The fourth-order valence-electron chi connectivity index (χ4n) is 5.66. The Morgan fingerprint density at radius 2 is 1.64 bits per heavy atom. The molecule has 4 N–H and O–H groups in total. The zero-order chi connectivity index (χ0) is 32.2. The van der Waals surface area contributed by atoms with Crippen molar-refractivity contribution in [3.8, 4) is 16.9 Å². The number of nitrogens with two attached hydrogens (primary N) is 1. The Morgan fingerprint density at radius 1 is 1.05 bits per heavy atom. The number of hydrogen-bond acceptors (Lipinski definition) is 7. The van der Waals surface area contributed by atoms with Crippen molar-refractivity contribution in [3.63, 3.8) is 0 Å². The lowest BCUT2D eigenvalue weighted by Crippen LogP contribution is -2.43. The number of carboxylic acids is 1. The number of methoxy groups -OCH3 is 1. The van der Waals surface area contributed by atoms with Crippen molar-refractivity contribution in [2.75, 3.05) is 27.3 Å². The van der Waals surface area contributed by atoms with Gasteiger partial charge in [-0.15, -0.1) is 0 Å². The van der Waals surface area contributed by atoms with E-state index in [1.165, 1.54) is 14.2 Å². The molecular weight excluding hydrogens is 584 g/mol. The Bertz CT molecular complexity index is 1660. The van der Waals surface area contributed by atoms with Gasteiger partial charge in [0.2, 0.25) is 5.96 Å². The lowest BCUT2D eigenvalue weighted by Gasteiger charge is -2.25. The molecule has 11 nitrogen and oxygen atoms in total. The van der Waals surface area contributed by atoms with Crippen LogP contribution in [0, 0.1) is 20.8 Å². The normalized spacial score (nSPS) is 13.5. The van der Waals surface area contributed by atoms with E-state index in [-0.39, 0.29) is 42.8 Å². The number of aliphatic imine (C=N–C) groups is 1. The van der Waals surface area contributed by atoms with Gasteiger partial charge in [0.25, 0.3) is 10.0 Å². The monoisotopic (exact) mass is 622 g/mol. The summed E-state index contributed by atoms with van der Waals surface area (Å²) < 4.78 is 39.4. The Hall–Kier alpha value is -4.58. The van der Waals surface area contributed by atoms with Crippen molar-refractivity contribution >= 4 is 28.0 Å². The molecule has 3 aromatic carbocycles. The average Bonchev–Trinajstić information content (AvgIpc) is 3.30. The third-order valence-corrected chi connectivity index (χ3v) is 9.64. The highest BCUT2D eigenvalue weighted by molar-refractivity contribution is 7.90. The Kier molecular flexibility index (Phi) is 9.83. The second-order valence-electron chi connectivity index (χ2n) is 10.8. The van der Waals surface area contributed by atoms with Crippen LogP contribution < -0.4 is 15.2 Å². The molecule has 3 aromatic rings. The third kappa shape index (κ3) is 6.65. The van der Waals surface area contributed by atoms with Gasteiger partial charge in [0, 0.05) is 19.5 Å². The predicted molar refractivity (Wildman–Crippen MR) is 168 cm³/mol. The number of guanidine groups is 1. The van der Waals surface area contributed by atoms with Crippen molar-refractivity contribution in [1.82, 2.24) is 9.62 Å². The SMILES string of the molecule is COc1cc(C)c(S(=O)(=O)NC(N)=NCCC[C@H](C(=O)O)N(C)C(=O)OCC2c3ccccc3-c3ccccc32)c(C)c1C. The maximum absolute atomic E-state index is 13.1. The Morgan fingerprint density at radius 3 is 2.20 bits per heavy atom. The summed E-state index contributed by atoms with van der Waals surface area (Å²) in [5, 5.41) is 9.82. The molecule has 12 heteroatoms. The van der Waals surface area contributed by atoms with Crippen molar-refractivity contribution in [3.05, 3.63) is 82.4 Å². The zero-order valence-electron chi connectivity index (χ0n) is 25.5. The van der Waals surface area contributed by atoms with Crippen LogP contribution in [-0.2, 0) is 19.6 Å². The number of nitrogens with one attached hydrogen (secondary N) is 1. The third-order valence-electron chi connectivity index (χ3n) is 8.00. The van der Waals surface area contributed by atoms with Crippen molar-refractivity contribution < 1.29 is 32.6 Å². The van der Waals surface area contributed by atoms with Crippen LogP contribution >= 0.6 is 0 Å². The maximum atomic E-state index is 13.1. The molecule has 4 rings (SSSR count). The van der Waals surface area contributed by atoms with Gasteiger partial charge in [-0.1, -0.05) is 48.5 Å². The second-order valence-corrected chi connectivity index (χ2v) is 12.4. The summed E-state index contributed by atoms with van der Waals surface area (Å²) in [7, 11) is -1.14. The number of sulfonamides is 1. The lowest BCUT2D eigenvalue weighted by atomic mass is 9.98. The van der Waals surface area contributed by atoms with Crippen LogP contribution in [0.4, 0.5) is 4.79 Å². The minimum atomic E-state index is -4.04. The van der Waals surface area contributed by atoms with Crippen LogP contribution in [-0.4, -0.2) is 69.8 Å². The minimum Gasteiger partial charge on any atom is -0.496 e. The molecule has 1 aliphatic rings. The number of hydrogen-bond donors (Lipinski definition) is 3. The van der Waals surface area contributed by atoms with Gasteiger partial charge in [-0.3, -0.25) is 9.89 Å². The number of carboxylic acid groups (broad SMARTS) is 1. The molecule has 1 aliphatic carbocycles. The smallest absolute Gasteiger partial charge is 0.410 e. The fourth-order valence-corrected chi connectivity index (χ4v) is 7.14. The second kappa shape index (κ2) is 13.4. The minimum absolute atomic E-state index is 0.0380. The molecule has 0 radical (unpaired) electrons. The van der Waals surface area contributed by atoms with E-state index in [4.69, 9.17) is 15.2 Å². The van der Waals surface area contributed by atoms with E-state index in [9.17, 15) is 23.1 Å². The van der Waals surface area contributed by atoms with Crippen LogP contribution in [0.15, 0.2) is 64.5 Å². The van der Waals surface area contributed by atoms with Crippen LogP contribution in [0.1, 0.15) is 46.6 Å². The number of carbonyl (C=O) groups excluding carboxylic acids is 1. The van der Waals surface area contributed by atoms with Gasteiger partial charge in [0.1, 0.15) is 18.4 Å². The van der Waals surface area contributed by atoms with E-state index in [1.807, 2.05) is 48.5 Å². The van der Waals surface area contributed by atoms with E-state index in [1.54, 1.807) is 26.8 Å². The van der Waals surface area contributed by atoms with Gasteiger partial charge in [-0.2, -0.15) is 0 Å². The highest BCUT2D eigenvalue weighted by atomic mass is 32.2. The summed E-state index contributed by atoms with van der Waals surface area (Å²) in [5.74, 6) is -1.09. The van der Waals surface area contributed by atoms with Gasteiger partial charge in [-0.05, 0) is 78.6 Å². The first-order valence-corrected chi connectivity index (χ1v) is 15.6. The summed E-state index contributed by atoms with van der Waals surface area (Å²) in [6, 6.07) is 16.3. The van der Waals surface area contributed by atoms with E-state index in [2.05, 4.69) is 9.71 Å². The summed E-state index contributed by atoms with van der Waals surface area (Å²) in [6.45, 7) is 5.22. The number of likely N-dealkylation sites (N-methyl/N-ethyl adjacent to an activating group) is 1. The number of rotatable bonds is 11. The van der Waals surface area contributed by atoms with Crippen LogP contribution in [0.2, 0.25) is 0 Å². The topological polar surface area (TPSA) is 161 Å². The molecular formula is C32H38N4O7S. The first-order valence-electron chi connectivity index (χ1n) is 14.2. The van der Waals surface area contributed by atoms with Gasteiger partial charge in [0.15, 0.2) is 0 Å². The van der Waals surface area contributed by atoms with Crippen LogP contribution in [0.5, 0.6) is 5.75 Å². The molecule has 1 amide bonds. The number of carbonyl (C=O) groups is 2. The molecule has 0 aromatic heterocycles. The lowest BCUT2D eigenvalue weighted by molar-refractivity contribution is -0.142. The molecule has 234 valence electrons. The van der Waals surface area contributed by atoms with E-state index in [0.717, 1.165) is 27.2 Å². The van der Waals surface area contributed by atoms with Crippen LogP contribution in [0.25, 0.3) is 11.1 Å². The molecule has 0 unspecified atom stereocenters. The summed E-state index contributed by atoms with van der Waals surface area (Å²) in [6.07, 6.45) is -0.481. The molecule has 0 bridgehead atoms. The number of ether oxygens (including phenoxy) is 2.